The van der Waals surface area contributed by atoms with E-state index < -0.39 is 0 Å². The minimum Gasteiger partial charge on any atom is -0.353 e. The fourth-order valence-electron chi connectivity index (χ4n) is 4.02. The summed E-state index contributed by atoms with van der Waals surface area (Å²) in [6.45, 7) is 2.85. The highest BCUT2D eigenvalue weighted by atomic mass is 16.2. The number of amides is 1. The van der Waals surface area contributed by atoms with Gasteiger partial charge in [0.25, 0.3) is 0 Å². The predicted molar refractivity (Wildman–Crippen MR) is 95.0 cm³/mol. The Labute approximate surface area is 139 Å². The first-order chi connectivity index (χ1) is 11.1. The highest BCUT2D eigenvalue weighted by Crippen LogP contribution is 2.46. The van der Waals surface area contributed by atoms with Gasteiger partial charge in [0, 0.05) is 12.1 Å². The van der Waals surface area contributed by atoms with Crippen molar-refractivity contribution in [1.82, 2.24) is 10.2 Å². The molecular formula is C20H28N2O. The van der Waals surface area contributed by atoms with Gasteiger partial charge in [0.15, 0.2) is 0 Å². The summed E-state index contributed by atoms with van der Waals surface area (Å²) in [6.07, 6.45) is 6.23. The standard InChI is InChI=1S/C20H28N2O/c1-15-17(16-10-6-4-7-11-16)18(15)19(23)21-14-20(22(2)3)12-8-5-9-13-20/h4,6-7,10-11,18H,5,8-9,12-14H2,1-3H3,(H,21,23). The number of benzene rings is 1. The molecule has 0 radical (unpaired) electrons. The average molecular weight is 312 g/mol. The molecule has 0 aliphatic heterocycles. The number of hydrogen-bond donors (Lipinski definition) is 1. The van der Waals surface area contributed by atoms with E-state index in [-0.39, 0.29) is 17.4 Å². The van der Waals surface area contributed by atoms with Crippen LogP contribution in [0.15, 0.2) is 35.9 Å². The normalized spacial score (nSPS) is 23.0. The molecule has 1 fully saturated rings. The Bertz CT molecular complexity index is 597. The number of carbonyl (C=O) groups is 1. The second-order valence-electron chi connectivity index (χ2n) is 7.29. The van der Waals surface area contributed by atoms with Gasteiger partial charge in [-0.3, -0.25) is 4.79 Å². The Morgan fingerprint density at radius 3 is 2.43 bits per heavy atom. The molecule has 23 heavy (non-hydrogen) atoms. The fourth-order valence-corrected chi connectivity index (χ4v) is 4.02. The van der Waals surface area contributed by atoms with Gasteiger partial charge >= 0.3 is 0 Å². The summed E-state index contributed by atoms with van der Waals surface area (Å²) < 4.78 is 0. The van der Waals surface area contributed by atoms with Gasteiger partial charge in [-0.25, -0.2) is 0 Å². The van der Waals surface area contributed by atoms with Crippen LogP contribution in [-0.4, -0.2) is 37.0 Å². The van der Waals surface area contributed by atoms with Crippen LogP contribution in [0.25, 0.3) is 5.57 Å². The van der Waals surface area contributed by atoms with E-state index in [0.717, 1.165) is 6.54 Å². The molecule has 1 unspecified atom stereocenters. The van der Waals surface area contributed by atoms with E-state index >= 15 is 0 Å². The summed E-state index contributed by atoms with van der Waals surface area (Å²) in [4.78, 5) is 15.0. The minimum absolute atomic E-state index is 0.0137. The first kappa shape index (κ1) is 16.3. The van der Waals surface area contributed by atoms with Crippen LogP contribution in [0.4, 0.5) is 0 Å². The smallest absolute Gasteiger partial charge is 0.231 e. The molecule has 0 aromatic heterocycles. The van der Waals surface area contributed by atoms with Crippen molar-refractivity contribution < 1.29 is 4.79 Å². The zero-order valence-electron chi connectivity index (χ0n) is 14.6. The van der Waals surface area contributed by atoms with Gasteiger partial charge in [0.05, 0.1) is 5.92 Å². The van der Waals surface area contributed by atoms with Crippen LogP contribution in [0.5, 0.6) is 0 Å². The lowest BCUT2D eigenvalue weighted by Gasteiger charge is -2.43. The monoisotopic (exact) mass is 312 g/mol. The molecule has 2 aliphatic rings. The molecule has 3 heteroatoms. The van der Waals surface area contributed by atoms with Gasteiger partial charge in [-0.1, -0.05) is 55.2 Å². The van der Waals surface area contributed by atoms with E-state index in [1.54, 1.807) is 0 Å². The van der Waals surface area contributed by atoms with Crippen molar-refractivity contribution in [3.63, 3.8) is 0 Å². The summed E-state index contributed by atoms with van der Waals surface area (Å²) in [6, 6.07) is 10.3. The van der Waals surface area contributed by atoms with Crippen LogP contribution >= 0.6 is 0 Å². The fraction of sp³-hybridized carbons (Fsp3) is 0.550. The van der Waals surface area contributed by atoms with Gasteiger partial charge in [0.2, 0.25) is 5.91 Å². The summed E-state index contributed by atoms with van der Waals surface area (Å²) in [5.41, 5.74) is 3.76. The molecule has 0 heterocycles. The Balaban J connectivity index is 1.60. The third-order valence-corrected chi connectivity index (χ3v) is 5.73. The molecule has 3 rings (SSSR count). The predicted octanol–water partition coefficient (Wildman–Crippen LogP) is 3.47. The molecule has 124 valence electrons. The van der Waals surface area contributed by atoms with Crippen molar-refractivity contribution in [3.8, 4) is 0 Å². The highest BCUT2D eigenvalue weighted by Gasteiger charge is 2.41. The van der Waals surface area contributed by atoms with E-state index in [2.05, 4.69) is 43.4 Å². The molecule has 3 nitrogen and oxygen atoms in total. The molecule has 1 saturated carbocycles. The van der Waals surface area contributed by atoms with E-state index in [1.165, 1.54) is 48.8 Å². The molecule has 1 aromatic carbocycles. The first-order valence-electron chi connectivity index (χ1n) is 8.76. The van der Waals surface area contributed by atoms with Gasteiger partial charge in [-0.2, -0.15) is 0 Å². The second kappa shape index (κ2) is 6.48. The molecular weight excluding hydrogens is 284 g/mol. The first-order valence-corrected chi connectivity index (χ1v) is 8.76. The van der Waals surface area contributed by atoms with Crippen molar-refractivity contribution in [2.75, 3.05) is 20.6 Å². The number of hydrogen-bond acceptors (Lipinski definition) is 2. The summed E-state index contributed by atoms with van der Waals surface area (Å²) in [7, 11) is 4.29. The van der Waals surface area contributed by atoms with E-state index in [0.29, 0.717) is 0 Å². The second-order valence-corrected chi connectivity index (χ2v) is 7.29. The van der Waals surface area contributed by atoms with E-state index in [9.17, 15) is 4.79 Å². The van der Waals surface area contributed by atoms with Crippen molar-refractivity contribution in [3.05, 3.63) is 41.5 Å². The Hall–Kier alpha value is -1.61. The van der Waals surface area contributed by atoms with Crippen molar-refractivity contribution in [2.45, 2.75) is 44.6 Å². The third kappa shape index (κ3) is 3.20. The Morgan fingerprint density at radius 1 is 1.17 bits per heavy atom. The van der Waals surface area contributed by atoms with Gasteiger partial charge in [0.1, 0.15) is 0 Å². The summed E-state index contributed by atoms with van der Waals surface area (Å²) >= 11 is 0. The Morgan fingerprint density at radius 2 is 1.83 bits per heavy atom. The van der Waals surface area contributed by atoms with E-state index in [1.807, 2.05) is 18.2 Å². The zero-order chi connectivity index (χ0) is 16.4. The average Bonchev–Trinajstić information content (AvgIpc) is 3.25. The molecule has 0 saturated heterocycles. The van der Waals surface area contributed by atoms with Crippen molar-refractivity contribution in [2.24, 2.45) is 5.92 Å². The van der Waals surface area contributed by atoms with Crippen molar-refractivity contribution in [1.29, 1.82) is 0 Å². The maximum absolute atomic E-state index is 12.6. The summed E-state index contributed by atoms with van der Waals surface area (Å²) in [5.74, 6) is 0.161. The van der Waals surface area contributed by atoms with Crippen LogP contribution < -0.4 is 5.32 Å². The quantitative estimate of drug-likeness (QED) is 0.903. The lowest BCUT2D eigenvalue weighted by Crippen LogP contribution is -2.54. The number of likely N-dealkylation sites (N-methyl/N-ethyl adjacent to an activating group) is 1. The molecule has 1 amide bonds. The zero-order valence-corrected chi connectivity index (χ0v) is 14.6. The van der Waals surface area contributed by atoms with Crippen LogP contribution in [0.2, 0.25) is 0 Å². The number of rotatable bonds is 5. The van der Waals surface area contributed by atoms with Gasteiger partial charge < -0.3 is 10.2 Å². The molecule has 1 aromatic rings. The lowest BCUT2D eigenvalue weighted by molar-refractivity contribution is -0.122. The number of nitrogens with zero attached hydrogens (tertiary/aromatic N) is 1. The molecule has 2 aliphatic carbocycles. The highest BCUT2D eigenvalue weighted by molar-refractivity contribution is 6.05. The van der Waals surface area contributed by atoms with E-state index in [4.69, 9.17) is 0 Å². The molecule has 0 spiro atoms. The molecule has 1 atom stereocenters. The van der Waals surface area contributed by atoms with Crippen molar-refractivity contribution >= 4 is 11.5 Å². The largest absolute Gasteiger partial charge is 0.353 e. The summed E-state index contributed by atoms with van der Waals surface area (Å²) in [5, 5.41) is 3.24. The maximum atomic E-state index is 12.6. The number of nitrogens with one attached hydrogen (secondary N) is 1. The van der Waals surface area contributed by atoms with Crippen LogP contribution in [0, 0.1) is 5.92 Å². The SMILES string of the molecule is CC1=C(c2ccccc2)C1C(=O)NCC1(N(C)C)CCCCC1. The molecule has 0 bridgehead atoms. The minimum atomic E-state index is -0.0137. The Kier molecular flexibility index (Phi) is 4.58. The lowest BCUT2D eigenvalue weighted by atomic mass is 9.80. The number of carbonyl (C=O) groups excluding carboxylic acids is 1. The maximum Gasteiger partial charge on any atom is 0.231 e. The van der Waals surface area contributed by atoms with Crippen LogP contribution in [-0.2, 0) is 4.79 Å². The van der Waals surface area contributed by atoms with Crippen LogP contribution in [0.1, 0.15) is 44.6 Å². The van der Waals surface area contributed by atoms with Gasteiger partial charge in [-0.15, -0.1) is 0 Å². The topological polar surface area (TPSA) is 32.3 Å². The third-order valence-electron chi connectivity index (χ3n) is 5.73. The van der Waals surface area contributed by atoms with Crippen LogP contribution in [0.3, 0.4) is 0 Å². The molecule has 1 N–H and O–H groups in total. The van der Waals surface area contributed by atoms with Gasteiger partial charge in [-0.05, 0) is 45.0 Å².